The molecule has 0 aromatic carbocycles. The van der Waals surface area contributed by atoms with Gasteiger partial charge in [-0.1, -0.05) is 0 Å². The molecule has 0 saturated heterocycles. The molecule has 0 amide bonds. The predicted octanol–water partition coefficient (Wildman–Crippen LogP) is 4.47. The zero-order chi connectivity index (χ0) is 13.3. The number of carbonyl (C=O) groups is 5. The first-order valence-corrected chi connectivity index (χ1v) is 11.6. The van der Waals surface area contributed by atoms with Crippen molar-refractivity contribution in [2.75, 3.05) is 0 Å². The second-order valence-corrected chi connectivity index (χ2v) is 20.8. The fourth-order valence-electron chi connectivity index (χ4n) is 0.584. The number of halogens is 5. The van der Waals surface area contributed by atoms with Gasteiger partial charge < -0.3 is 0 Å². The van der Waals surface area contributed by atoms with Crippen molar-refractivity contribution < 1.29 is 38.3 Å². The van der Waals surface area contributed by atoms with Gasteiger partial charge in [0.05, 0.1) is 0 Å². The Bertz CT molecular complexity index is 332. The van der Waals surface area contributed by atoms with E-state index in [-0.39, 0.29) is 0 Å². The molecule has 0 unspecified atom stereocenters. The molecule has 0 radical (unpaired) electrons. The molecule has 0 spiro atoms. The zero-order valence-corrected chi connectivity index (χ0v) is 13.3. The minimum atomic E-state index is -7.06. The van der Waals surface area contributed by atoms with Crippen LogP contribution >= 0.6 is 58.0 Å². The van der Waals surface area contributed by atoms with E-state index in [2.05, 4.69) is 0 Å². The van der Waals surface area contributed by atoms with Crippen LogP contribution in [-0.4, -0.2) is 18.6 Å². The first kappa shape index (κ1) is 16.5. The molecule has 0 N–H and O–H groups in total. The molecule has 0 bridgehead atoms. The van der Waals surface area contributed by atoms with Crippen LogP contribution in [0.5, 0.6) is 0 Å². The first-order chi connectivity index (χ1) is 7.06. The average molecular weight is 504 g/mol. The SMILES string of the molecule is O=[C](Cl)[Re]([C](=O)Cl)([C](=O)Cl)([C](=O)Cl)[C](=O)Cl. The van der Waals surface area contributed by atoms with Crippen molar-refractivity contribution in [3.05, 3.63) is 0 Å². The van der Waals surface area contributed by atoms with Gasteiger partial charge in [-0.2, -0.15) is 0 Å². The van der Waals surface area contributed by atoms with Crippen LogP contribution in [0, 0.1) is 0 Å². The molecule has 0 atom stereocenters. The molecule has 5 nitrogen and oxygen atoms in total. The van der Waals surface area contributed by atoms with Crippen LogP contribution in [0.3, 0.4) is 0 Å². The Morgan fingerprint density at radius 1 is 0.500 bits per heavy atom. The summed E-state index contributed by atoms with van der Waals surface area (Å²) in [6.45, 7) is 0. The Balaban J connectivity index is 6.80. The van der Waals surface area contributed by atoms with E-state index in [1.165, 1.54) is 0 Å². The Labute approximate surface area is 114 Å². The van der Waals surface area contributed by atoms with Crippen LogP contribution < -0.4 is 0 Å². The topological polar surface area (TPSA) is 85.3 Å². The summed E-state index contributed by atoms with van der Waals surface area (Å²) in [6.07, 6.45) is 0. The first-order valence-electron chi connectivity index (χ1n) is 2.91. The zero-order valence-electron chi connectivity index (χ0n) is 6.81. The third-order valence-corrected chi connectivity index (χ3v) is 23.9. The molecule has 0 aliphatic rings. The van der Waals surface area contributed by atoms with Gasteiger partial charge in [0.25, 0.3) is 0 Å². The summed E-state index contributed by atoms with van der Waals surface area (Å²) >= 11 is 17.8. The van der Waals surface area contributed by atoms with Crippen LogP contribution in [0.2, 0.25) is 0 Å². The molecule has 92 valence electrons. The molecule has 0 aromatic rings. The summed E-state index contributed by atoms with van der Waals surface area (Å²) < 4.78 is -9.47. The van der Waals surface area contributed by atoms with Gasteiger partial charge in [0.1, 0.15) is 0 Å². The van der Waals surface area contributed by atoms with E-state index < -0.39 is 32.9 Å². The molecule has 0 rings (SSSR count). The second kappa shape index (κ2) is 4.99. The van der Waals surface area contributed by atoms with E-state index in [1.54, 1.807) is 0 Å². The monoisotopic (exact) mass is 502 g/mol. The summed E-state index contributed by atoms with van der Waals surface area (Å²) in [6, 6.07) is 0. The van der Waals surface area contributed by atoms with E-state index in [0.29, 0.717) is 0 Å². The summed E-state index contributed by atoms with van der Waals surface area (Å²) in [7, 11) is 0. The van der Waals surface area contributed by atoms with Gasteiger partial charge in [-0.25, -0.2) is 0 Å². The van der Waals surface area contributed by atoms with Crippen molar-refractivity contribution >= 4 is 76.6 Å². The Morgan fingerprint density at radius 2 is 0.625 bits per heavy atom. The molecular formula is C5Cl5O5Re. The Hall–Kier alpha value is 0.462. The van der Waals surface area contributed by atoms with Gasteiger partial charge in [0.2, 0.25) is 0 Å². The fraction of sp³-hybridized carbons (Fsp3) is 0. The van der Waals surface area contributed by atoms with E-state index in [9.17, 15) is 24.0 Å². The second-order valence-electron chi connectivity index (χ2n) is 2.07. The van der Waals surface area contributed by atoms with Crippen molar-refractivity contribution in [2.24, 2.45) is 0 Å². The van der Waals surface area contributed by atoms with E-state index >= 15 is 0 Å². The molecule has 0 aliphatic heterocycles. The summed E-state index contributed by atoms with van der Waals surface area (Å²) in [5.41, 5.74) is 0. The minimum absolute atomic E-state index is 1.89. The van der Waals surface area contributed by atoms with Crippen LogP contribution in [0.15, 0.2) is 0 Å². The quantitative estimate of drug-likeness (QED) is 0.517. The molecule has 0 heterocycles. The van der Waals surface area contributed by atoms with Gasteiger partial charge in [-0.15, -0.1) is 0 Å². The molecule has 0 aliphatic carbocycles. The number of carbonyl (C=O) groups excluding carboxylic acids is 5. The maximum absolute atomic E-state index is 11.2. The van der Waals surface area contributed by atoms with E-state index in [4.69, 9.17) is 58.0 Å². The van der Waals surface area contributed by atoms with Gasteiger partial charge >= 0.3 is 115 Å². The van der Waals surface area contributed by atoms with Crippen LogP contribution in [0.25, 0.3) is 0 Å². The summed E-state index contributed by atoms with van der Waals surface area (Å²) in [5.74, 6) is 0. The Morgan fingerprint density at radius 3 is 0.625 bits per heavy atom. The van der Waals surface area contributed by atoms with Crippen molar-refractivity contribution in [1.29, 1.82) is 0 Å². The predicted molar refractivity (Wildman–Crippen MR) is 56.2 cm³/mol. The van der Waals surface area contributed by atoms with Crippen molar-refractivity contribution in [1.82, 2.24) is 0 Å². The molecule has 11 heteroatoms. The van der Waals surface area contributed by atoms with Crippen molar-refractivity contribution in [3.8, 4) is 0 Å². The van der Waals surface area contributed by atoms with Crippen LogP contribution in [0.1, 0.15) is 0 Å². The fourth-order valence-corrected chi connectivity index (χ4v) is 18.4. The van der Waals surface area contributed by atoms with Gasteiger partial charge in [-0.05, 0) is 0 Å². The molecular weight excluding hydrogens is 504 g/mol. The van der Waals surface area contributed by atoms with Crippen LogP contribution in [-0.2, 0) is 14.3 Å². The van der Waals surface area contributed by atoms with E-state index in [1.807, 2.05) is 0 Å². The van der Waals surface area contributed by atoms with Gasteiger partial charge in [-0.3, -0.25) is 0 Å². The molecule has 0 fully saturated rings. The van der Waals surface area contributed by atoms with Gasteiger partial charge in [0.15, 0.2) is 0 Å². The van der Waals surface area contributed by atoms with E-state index in [0.717, 1.165) is 0 Å². The summed E-state index contributed by atoms with van der Waals surface area (Å²) in [4.78, 5) is 55.9. The average Bonchev–Trinajstić information content (AvgIpc) is 2.00. The third kappa shape index (κ3) is 1.60. The number of hydrogen-bond acceptors (Lipinski definition) is 5. The van der Waals surface area contributed by atoms with Gasteiger partial charge in [0, 0.05) is 0 Å². The number of hydrogen-bond donors (Lipinski definition) is 0. The van der Waals surface area contributed by atoms with Crippen LogP contribution in [0.4, 0.5) is 24.0 Å². The van der Waals surface area contributed by atoms with Crippen molar-refractivity contribution in [2.45, 2.75) is 0 Å². The Kier molecular flexibility index (Phi) is 5.13. The third-order valence-electron chi connectivity index (χ3n) is 1.49. The normalized spacial score (nSPS) is 13.4. The standard InChI is InChI=1S/5CClO.Re/c5*2-1-3;. The molecule has 0 aromatic heterocycles. The summed E-state index contributed by atoms with van der Waals surface area (Å²) in [5, 5.41) is 0. The molecule has 16 heavy (non-hydrogen) atoms. The van der Waals surface area contributed by atoms with Crippen molar-refractivity contribution in [3.63, 3.8) is 0 Å². The maximum atomic E-state index is 11.2. The molecule has 0 saturated carbocycles. The number of rotatable bonds is 5.